The second-order valence-corrected chi connectivity index (χ2v) is 6.86. The summed E-state index contributed by atoms with van der Waals surface area (Å²) in [5, 5.41) is 13.3. The predicted octanol–water partition coefficient (Wildman–Crippen LogP) is 1.59. The Kier molecular flexibility index (Phi) is 5.81. The number of rotatable bonds is 4. The van der Waals surface area contributed by atoms with Gasteiger partial charge in [0, 0.05) is 25.4 Å². The standard InChI is InChI=1S/C19H28N2O4/c1-3-21-8-7-14(16(22)12-21)11-20-19(23)15-6-5-13(2)17-18(15)25-10-4-9-24-17/h5-6,14,16,22H,3-4,7-12H2,1-2H3,(H,20,23). The summed E-state index contributed by atoms with van der Waals surface area (Å²) in [4.78, 5) is 14.9. The Morgan fingerprint density at radius 2 is 2.08 bits per heavy atom. The van der Waals surface area contributed by atoms with Crippen LogP contribution in [0.4, 0.5) is 0 Å². The van der Waals surface area contributed by atoms with E-state index < -0.39 is 6.10 Å². The van der Waals surface area contributed by atoms with E-state index >= 15 is 0 Å². The highest BCUT2D eigenvalue weighted by atomic mass is 16.5. The molecule has 25 heavy (non-hydrogen) atoms. The Labute approximate surface area is 149 Å². The van der Waals surface area contributed by atoms with Crippen molar-refractivity contribution in [2.45, 2.75) is 32.8 Å². The summed E-state index contributed by atoms with van der Waals surface area (Å²) in [6, 6.07) is 3.67. The van der Waals surface area contributed by atoms with Crippen LogP contribution in [0.3, 0.4) is 0 Å². The first-order valence-electron chi connectivity index (χ1n) is 9.18. The molecule has 1 aromatic carbocycles. The maximum atomic E-state index is 12.7. The summed E-state index contributed by atoms with van der Waals surface area (Å²) in [6.45, 7) is 8.25. The molecule has 0 spiro atoms. The number of carbonyl (C=O) groups excluding carboxylic acids is 1. The van der Waals surface area contributed by atoms with Gasteiger partial charge in [-0.15, -0.1) is 0 Å². The lowest BCUT2D eigenvalue weighted by Gasteiger charge is -2.35. The molecule has 0 saturated carbocycles. The van der Waals surface area contributed by atoms with E-state index in [4.69, 9.17) is 9.47 Å². The van der Waals surface area contributed by atoms with Gasteiger partial charge < -0.3 is 24.8 Å². The number of fused-ring (bicyclic) bond motifs is 1. The van der Waals surface area contributed by atoms with E-state index in [2.05, 4.69) is 17.1 Å². The van der Waals surface area contributed by atoms with Crippen LogP contribution in [0.2, 0.25) is 0 Å². The number of nitrogens with zero attached hydrogens (tertiary/aromatic N) is 1. The lowest BCUT2D eigenvalue weighted by molar-refractivity contribution is 0.0242. The molecular formula is C19H28N2O4. The van der Waals surface area contributed by atoms with E-state index in [1.165, 1.54) is 0 Å². The highest BCUT2D eigenvalue weighted by Crippen LogP contribution is 2.36. The molecule has 1 saturated heterocycles. The van der Waals surface area contributed by atoms with Crippen molar-refractivity contribution in [3.05, 3.63) is 23.3 Å². The highest BCUT2D eigenvalue weighted by Gasteiger charge is 2.28. The number of benzene rings is 1. The third-order valence-electron chi connectivity index (χ3n) is 5.11. The maximum Gasteiger partial charge on any atom is 0.255 e. The molecule has 6 nitrogen and oxygen atoms in total. The minimum Gasteiger partial charge on any atom is -0.489 e. The lowest BCUT2D eigenvalue weighted by atomic mass is 9.93. The molecule has 1 fully saturated rings. The zero-order chi connectivity index (χ0) is 17.8. The van der Waals surface area contributed by atoms with Crippen molar-refractivity contribution in [3.63, 3.8) is 0 Å². The predicted molar refractivity (Wildman–Crippen MR) is 95.3 cm³/mol. The second-order valence-electron chi connectivity index (χ2n) is 6.86. The van der Waals surface area contributed by atoms with Gasteiger partial charge in [-0.3, -0.25) is 4.79 Å². The van der Waals surface area contributed by atoms with Gasteiger partial charge in [0.2, 0.25) is 0 Å². The largest absolute Gasteiger partial charge is 0.489 e. The molecule has 2 aliphatic rings. The van der Waals surface area contributed by atoms with Crippen LogP contribution in [0.25, 0.3) is 0 Å². The van der Waals surface area contributed by atoms with Crippen LogP contribution in [0.5, 0.6) is 11.5 Å². The number of likely N-dealkylation sites (N-methyl/N-ethyl adjacent to an activating group) is 1. The Balaban J connectivity index is 1.66. The number of β-amino-alcohol motifs (C(OH)–C–C–N with tert-alkyl or cyclic N) is 1. The average molecular weight is 348 g/mol. The Hall–Kier alpha value is -1.79. The van der Waals surface area contributed by atoms with Crippen molar-refractivity contribution in [1.29, 1.82) is 0 Å². The van der Waals surface area contributed by atoms with Gasteiger partial charge in [-0.05, 0) is 38.1 Å². The molecule has 6 heteroatoms. The van der Waals surface area contributed by atoms with Crippen molar-refractivity contribution < 1.29 is 19.4 Å². The molecular weight excluding hydrogens is 320 g/mol. The number of amides is 1. The number of likely N-dealkylation sites (tertiary alicyclic amines) is 1. The quantitative estimate of drug-likeness (QED) is 0.865. The molecule has 1 amide bonds. The summed E-state index contributed by atoms with van der Waals surface area (Å²) < 4.78 is 11.5. The van der Waals surface area contributed by atoms with Crippen LogP contribution < -0.4 is 14.8 Å². The van der Waals surface area contributed by atoms with E-state index in [0.29, 0.717) is 43.4 Å². The highest BCUT2D eigenvalue weighted by molar-refractivity contribution is 5.98. The molecule has 138 valence electrons. The number of aliphatic hydroxyl groups is 1. The molecule has 0 radical (unpaired) electrons. The number of nitrogens with one attached hydrogen (secondary N) is 1. The Morgan fingerprint density at radius 1 is 1.32 bits per heavy atom. The fourth-order valence-electron chi connectivity index (χ4n) is 3.46. The van der Waals surface area contributed by atoms with Gasteiger partial charge in [-0.25, -0.2) is 0 Å². The van der Waals surface area contributed by atoms with E-state index in [0.717, 1.165) is 31.5 Å². The maximum absolute atomic E-state index is 12.7. The normalized spacial score (nSPS) is 23.8. The first kappa shape index (κ1) is 18.0. The van der Waals surface area contributed by atoms with Gasteiger partial charge in [0.05, 0.1) is 24.9 Å². The Morgan fingerprint density at radius 3 is 2.80 bits per heavy atom. The third-order valence-corrected chi connectivity index (χ3v) is 5.11. The van der Waals surface area contributed by atoms with Crippen LogP contribution in [0.1, 0.15) is 35.7 Å². The van der Waals surface area contributed by atoms with Gasteiger partial charge >= 0.3 is 0 Å². The molecule has 0 aromatic heterocycles. The fraction of sp³-hybridized carbons (Fsp3) is 0.632. The van der Waals surface area contributed by atoms with Crippen LogP contribution in [-0.4, -0.2) is 61.4 Å². The summed E-state index contributed by atoms with van der Waals surface area (Å²) in [6.07, 6.45) is 1.29. The monoisotopic (exact) mass is 348 g/mol. The molecule has 1 aromatic rings. The minimum atomic E-state index is -0.399. The lowest BCUT2D eigenvalue weighted by Crippen LogP contribution is -2.47. The van der Waals surface area contributed by atoms with Crippen molar-refractivity contribution in [2.75, 3.05) is 39.4 Å². The van der Waals surface area contributed by atoms with Crippen molar-refractivity contribution >= 4 is 5.91 Å². The molecule has 0 aliphatic carbocycles. The molecule has 2 unspecified atom stereocenters. The number of aryl methyl sites for hydroxylation is 1. The first-order valence-corrected chi connectivity index (χ1v) is 9.18. The fourth-order valence-corrected chi connectivity index (χ4v) is 3.46. The topological polar surface area (TPSA) is 71.0 Å². The van der Waals surface area contributed by atoms with Crippen LogP contribution in [0, 0.1) is 12.8 Å². The van der Waals surface area contributed by atoms with Gasteiger partial charge in [0.15, 0.2) is 11.5 Å². The van der Waals surface area contributed by atoms with Crippen molar-refractivity contribution in [3.8, 4) is 11.5 Å². The minimum absolute atomic E-state index is 0.0907. The molecule has 2 N–H and O–H groups in total. The van der Waals surface area contributed by atoms with Gasteiger partial charge in [-0.1, -0.05) is 13.0 Å². The van der Waals surface area contributed by atoms with Crippen LogP contribution in [0.15, 0.2) is 12.1 Å². The summed E-state index contributed by atoms with van der Waals surface area (Å²) >= 11 is 0. The van der Waals surface area contributed by atoms with Gasteiger partial charge in [0.25, 0.3) is 5.91 Å². The van der Waals surface area contributed by atoms with Crippen molar-refractivity contribution in [1.82, 2.24) is 10.2 Å². The molecule has 2 aliphatic heterocycles. The van der Waals surface area contributed by atoms with E-state index in [1.807, 2.05) is 13.0 Å². The molecule has 2 atom stereocenters. The number of hydrogen-bond acceptors (Lipinski definition) is 5. The zero-order valence-corrected chi connectivity index (χ0v) is 15.1. The zero-order valence-electron chi connectivity index (χ0n) is 15.1. The smallest absolute Gasteiger partial charge is 0.255 e. The summed E-state index contributed by atoms with van der Waals surface area (Å²) in [7, 11) is 0. The molecule has 0 bridgehead atoms. The van der Waals surface area contributed by atoms with E-state index in [1.54, 1.807) is 6.07 Å². The van der Waals surface area contributed by atoms with Gasteiger partial charge in [0.1, 0.15) is 0 Å². The SMILES string of the molecule is CCN1CCC(CNC(=O)c2ccc(C)c3c2OCCCO3)C(O)C1. The molecule has 3 rings (SSSR count). The number of ether oxygens (including phenoxy) is 2. The number of hydrogen-bond donors (Lipinski definition) is 2. The average Bonchev–Trinajstić information content (AvgIpc) is 2.87. The van der Waals surface area contributed by atoms with E-state index in [-0.39, 0.29) is 11.8 Å². The second kappa shape index (κ2) is 8.06. The first-order chi connectivity index (χ1) is 12.1. The summed E-state index contributed by atoms with van der Waals surface area (Å²) in [5.74, 6) is 1.12. The van der Waals surface area contributed by atoms with Crippen LogP contribution >= 0.6 is 0 Å². The van der Waals surface area contributed by atoms with Gasteiger partial charge in [-0.2, -0.15) is 0 Å². The number of carbonyl (C=O) groups is 1. The van der Waals surface area contributed by atoms with Crippen LogP contribution in [-0.2, 0) is 0 Å². The molecule has 2 heterocycles. The third kappa shape index (κ3) is 4.07. The number of aliphatic hydroxyl groups excluding tert-OH is 1. The number of piperidine rings is 1. The summed E-state index contributed by atoms with van der Waals surface area (Å²) in [5.41, 5.74) is 1.47. The van der Waals surface area contributed by atoms with Crippen molar-refractivity contribution in [2.24, 2.45) is 5.92 Å². The van der Waals surface area contributed by atoms with E-state index in [9.17, 15) is 9.90 Å². The Bertz CT molecular complexity index is 620.